The van der Waals surface area contributed by atoms with Crippen LogP contribution >= 0.6 is 0 Å². The number of hydrogen-bond donors (Lipinski definition) is 2. The van der Waals surface area contributed by atoms with Gasteiger partial charge in [0.2, 0.25) is 12.2 Å². The molecule has 160 valence electrons. The fraction of sp³-hybridized carbons (Fsp3) is 0.696. The van der Waals surface area contributed by atoms with Crippen molar-refractivity contribution < 1.29 is 19.4 Å². The van der Waals surface area contributed by atoms with E-state index in [0.717, 1.165) is 49.2 Å². The summed E-state index contributed by atoms with van der Waals surface area (Å²) in [4.78, 5) is 14.9. The van der Waals surface area contributed by atoms with Crippen molar-refractivity contribution in [1.82, 2.24) is 10.2 Å². The number of carbonyl (C=O) groups excluding carboxylic acids is 1. The molecule has 1 aromatic rings. The standard InChI is InChI=1S/C23H34N2O4/c1-2-3-4-5-6-9-19(26)24-18(15-25-12-7-8-13-25)21(27)17-11-10-16-14-20-28-22(16)23(17)29-20/h10-11,18,20-21,27H,2-9,12-15H2,1H3,(H,24,26). The quantitative estimate of drug-likeness (QED) is 0.556. The van der Waals surface area contributed by atoms with Gasteiger partial charge in [-0.25, -0.2) is 0 Å². The third-order valence-corrected chi connectivity index (χ3v) is 6.32. The van der Waals surface area contributed by atoms with Crippen molar-refractivity contribution in [2.75, 3.05) is 19.6 Å². The third-order valence-electron chi connectivity index (χ3n) is 6.32. The summed E-state index contributed by atoms with van der Waals surface area (Å²) in [6.07, 6.45) is 8.17. The largest absolute Gasteiger partial charge is 0.450 e. The monoisotopic (exact) mass is 402 g/mol. The average Bonchev–Trinajstić information content (AvgIpc) is 3.44. The predicted molar refractivity (Wildman–Crippen MR) is 111 cm³/mol. The lowest BCUT2D eigenvalue weighted by atomic mass is 9.97. The first kappa shape index (κ1) is 20.5. The van der Waals surface area contributed by atoms with E-state index in [-0.39, 0.29) is 18.2 Å². The Morgan fingerprint density at radius 3 is 2.69 bits per heavy atom. The van der Waals surface area contributed by atoms with Crippen LogP contribution in [0, 0.1) is 0 Å². The molecule has 0 radical (unpaired) electrons. The van der Waals surface area contributed by atoms with Crippen LogP contribution in [0.15, 0.2) is 12.1 Å². The highest BCUT2D eigenvalue weighted by Gasteiger charge is 2.39. The summed E-state index contributed by atoms with van der Waals surface area (Å²) in [7, 11) is 0. The van der Waals surface area contributed by atoms with Crippen molar-refractivity contribution in [1.29, 1.82) is 0 Å². The molecular weight excluding hydrogens is 368 g/mol. The Hall–Kier alpha value is -1.79. The van der Waals surface area contributed by atoms with Crippen LogP contribution in [0.25, 0.3) is 0 Å². The van der Waals surface area contributed by atoms with Crippen LogP contribution in [0.4, 0.5) is 0 Å². The second-order valence-electron chi connectivity index (χ2n) is 8.63. The lowest BCUT2D eigenvalue weighted by molar-refractivity contribution is -0.123. The van der Waals surface area contributed by atoms with Gasteiger partial charge >= 0.3 is 0 Å². The molecule has 0 aliphatic carbocycles. The van der Waals surface area contributed by atoms with Crippen molar-refractivity contribution >= 4 is 5.91 Å². The molecule has 3 heterocycles. The molecule has 4 rings (SSSR count). The molecule has 3 atom stereocenters. The molecule has 29 heavy (non-hydrogen) atoms. The minimum atomic E-state index is -0.817. The average molecular weight is 403 g/mol. The number of nitrogens with one attached hydrogen (secondary N) is 1. The molecule has 6 heteroatoms. The molecule has 2 N–H and O–H groups in total. The summed E-state index contributed by atoms with van der Waals surface area (Å²) in [6, 6.07) is 3.59. The Morgan fingerprint density at radius 2 is 1.93 bits per heavy atom. The van der Waals surface area contributed by atoms with Gasteiger partial charge in [0, 0.05) is 24.1 Å². The molecule has 1 fully saturated rings. The number of hydrogen-bond acceptors (Lipinski definition) is 5. The Labute approximate surface area is 173 Å². The van der Waals surface area contributed by atoms with Gasteiger partial charge in [-0.05, 0) is 32.4 Å². The summed E-state index contributed by atoms with van der Waals surface area (Å²) in [5.41, 5.74) is 1.86. The first-order valence-electron chi connectivity index (χ1n) is 11.3. The van der Waals surface area contributed by atoms with Crippen molar-refractivity contribution in [3.63, 3.8) is 0 Å². The zero-order valence-electron chi connectivity index (χ0n) is 17.5. The molecule has 0 saturated carbocycles. The zero-order chi connectivity index (χ0) is 20.2. The number of likely N-dealkylation sites (tertiary alicyclic amines) is 1. The maximum absolute atomic E-state index is 12.6. The Kier molecular flexibility index (Phi) is 6.60. The summed E-state index contributed by atoms with van der Waals surface area (Å²) in [6.45, 7) is 4.89. The summed E-state index contributed by atoms with van der Waals surface area (Å²) < 4.78 is 11.6. The van der Waals surface area contributed by atoms with Gasteiger partial charge in [0.05, 0.1) is 12.5 Å². The van der Waals surface area contributed by atoms with E-state index >= 15 is 0 Å². The molecular formula is C23H34N2O4. The summed E-state index contributed by atoms with van der Waals surface area (Å²) in [5.74, 6) is 1.46. The molecule has 0 aromatic heterocycles. The smallest absolute Gasteiger partial charge is 0.245 e. The van der Waals surface area contributed by atoms with E-state index in [1.165, 1.54) is 32.1 Å². The van der Waals surface area contributed by atoms with Gasteiger partial charge < -0.3 is 24.8 Å². The van der Waals surface area contributed by atoms with Crippen LogP contribution in [0.2, 0.25) is 0 Å². The Balaban J connectivity index is 1.41. The lowest BCUT2D eigenvalue weighted by Crippen LogP contribution is -2.46. The maximum atomic E-state index is 12.6. The number of unbranched alkanes of at least 4 members (excludes halogenated alkanes) is 4. The molecule has 1 amide bonds. The molecule has 1 saturated heterocycles. The minimum Gasteiger partial charge on any atom is -0.450 e. The Morgan fingerprint density at radius 1 is 1.17 bits per heavy atom. The van der Waals surface area contributed by atoms with Crippen molar-refractivity contribution in [3.05, 3.63) is 23.3 Å². The van der Waals surface area contributed by atoms with Crippen LogP contribution < -0.4 is 14.8 Å². The normalized spacial score (nSPS) is 21.7. The van der Waals surface area contributed by atoms with Gasteiger partial charge in [-0.15, -0.1) is 0 Å². The molecule has 3 aliphatic heterocycles. The topological polar surface area (TPSA) is 71.0 Å². The van der Waals surface area contributed by atoms with Crippen LogP contribution in [0.5, 0.6) is 11.5 Å². The summed E-state index contributed by atoms with van der Waals surface area (Å²) >= 11 is 0. The number of rotatable bonds is 11. The van der Waals surface area contributed by atoms with Gasteiger partial charge in [0.1, 0.15) is 6.10 Å². The molecule has 1 aromatic carbocycles. The maximum Gasteiger partial charge on any atom is 0.245 e. The molecule has 6 nitrogen and oxygen atoms in total. The third kappa shape index (κ3) is 4.69. The van der Waals surface area contributed by atoms with Crippen molar-refractivity contribution in [2.24, 2.45) is 0 Å². The number of aliphatic hydroxyl groups is 1. The summed E-state index contributed by atoms with van der Waals surface area (Å²) in [5, 5.41) is 14.3. The highest BCUT2D eigenvalue weighted by Crippen LogP contribution is 2.49. The zero-order valence-corrected chi connectivity index (χ0v) is 17.5. The number of ether oxygens (including phenoxy) is 2. The first-order valence-corrected chi connectivity index (χ1v) is 11.3. The van der Waals surface area contributed by atoms with E-state index in [1.807, 2.05) is 12.1 Å². The number of benzene rings is 1. The molecule has 0 spiro atoms. The van der Waals surface area contributed by atoms with E-state index in [0.29, 0.717) is 18.7 Å². The van der Waals surface area contributed by atoms with Crippen LogP contribution in [0.1, 0.15) is 75.5 Å². The van der Waals surface area contributed by atoms with E-state index in [2.05, 4.69) is 17.1 Å². The van der Waals surface area contributed by atoms with Gasteiger partial charge in [0.15, 0.2) is 11.5 Å². The minimum absolute atomic E-state index is 0.0279. The van der Waals surface area contributed by atoms with Crippen molar-refractivity contribution in [3.8, 4) is 11.5 Å². The fourth-order valence-electron chi connectivity index (χ4n) is 4.67. The van der Waals surface area contributed by atoms with E-state index in [9.17, 15) is 9.90 Å². The predicted octanol–water partition coefficient (Wildman–Crippen LogP) is 3.31. The Bertz CT molecular complexity index is 717. The van der Waals surface area contributed by atoms with Gasteiger partial charge in [0.25, 0.3) is 0 Å². The van der Waals surface area contributed by atoms with Gasteiger partial charge in [-0.1, -0.05) is 44.7 Å². The molecule has 3 unspecified atom stereocenters. The highest BCUT2D eigenvalue weighted by atomic mass is 16.7. The number of fused-ring (bicyclic) bond motifs is 1. The van der Waals surface area contributed by atoms with Crippen LogP contribution in [-0.2, 0) is 11.2 Å². The SMILES string of the molecule is CCCCCCCC(=O)NC(CN1CCCC1)C(O)c1ccc2c3c1OC(C2)O3. The highest BCUT2D eigenvalue weighted by molar-refractivity contribution is 5.76. The van der Waals surface area contributed by atoms with E-state index in [1.54, 1.807) is 0 Å². The first-order chi connectivity index (χ1) is 14.2. The van der Waals surface area contributed by atoms with Crippen LogP contribution in [-0.4, -0.2) is 47.9 Å². The number of amides is 1. The molecule has 3 aliphatic rings. The van der Waals surface area contributed by atoms with Gasteiger partial charge in [-0.3, -0.25) is 4.79 Å². The number of aliphatic hydroxyl groups excluding tert-OH is 1. The number of nitrogens with zero attached hydrogens (tertiary/aromatic N) is 1. The lowest BCUT2D eigenvalue weighted by Gasteiger charge is -2.29. The van der Waals surface area contributed by atoms with Crippen LogP contribution in [0.3, 0.4) is 0 Å². The van der Waals surface area contributed by atoms with E-state index < -0.39 is 6.10 Å². The number of carbonyl (C=O) groups is 1. The van der Waals surface area contributed by atoms with Crippen molar-refractivity contribution in [2.45, 2.75) is 83.1 Å². The fourth-order valence-corrected chi connectivity index (χ4v) is 4.67. The van der Waals surface area contributed by atoms with Gasteiger partial charge in [-0.2, -0.15) is 0 Å². The van der Waals surface area contributed by atoms with E-state index in [4.69, 9.17) is 9.47 Å². The molecule has 2 bridgehead atoms. The second-order valence-corrected chi connectivity index (χ2v) is 8.63. The second kappa shape index (κ2) is 9.35.